The number of carbonyl (C=O) groups excluding carboxylic acids is 1. The van der Waals surface area contributed by atoms with Gasteiger partial charge in [0.05, 0.1) is 19.3 Å². The number of nitrogens with two attached hydrogens (primary N) is 1. The fraction of sp³-hybridized carbons (Fsp3) is 0.571. The number of rotatable bonds is 11. The third-order valence-corrected chi connectivity index (χ3v) is 6.59. The summed E-state index contributed by atoms with van der Waals surface area (Å²) in [6.07, 6.45) is -0.474. The van der Waals surface area contributed by atoms with E-state index >= 15 is 0 Å². The number of carbonyl (C=O) groups is 1. The molecule has 0 radical (unpaired) electrons. The molecule has 0 saturated carbocycles. The summed E-state index contributed by atoms with van der Waals surface area (Å²) >= 11 is 0. The average molecular weight is 610 g/mol. The number of nitrogens with zero attached hydrogens (tertiary/aromatic N) is 5. The number of aliphatic hydroxyl groups excluding tert-OH is 2. The Labute approximate surface area is 230 Å². The van der Waals surface area contributed by atoms with Crippen LogP contribution in [-0.4, -0.2) is 93.0 Å². The highest BCUT2D eigenvalue weighted by Gasteiger charge is 2.56. The van der Waals surface area contributed by atoms with Gasteiger partial charge in [-0.15, -0.1) is 0 Å². The number of aromatic nitrogens is 6. The number of halogens is 3. The lowest BCUT2D eigenvalue weighted by molar-refractivity contribution is -0.173. The van der Waals surface area contributed by atoms with Gasteiger partial charge in [0.2, 0.25) is 0 Å². The molecule has 1 aliphatic heterocycles. The first kappa shape index (κ1) is 32.3. The van der Waals surface area contributed by atoms with Gasteiger partial charge in [-0.25, -0.2) is 24.5 Å². The van der Waals surface area contributed by atoms with E-state index in [-0.39, 0.29) is 36.4 Å². The highest BCUT2D eigenvalue weighted by molar-refractivity contribution is 7.46. The molecule has 4 rings (SSSR count). The number of aromatic amines is 1. The molecule has 1 amide bonds. The number of ether oxygens (including phenoxy) is 1. The summed E-state index contributed by atoms with van der Waals surface area (Å²) in [4.78, 5) is 47.3. The quantitative estimate of drug-likeness (QED) is 0.114. The Morgan fingerprint density at radius 3 is 2.56 bits per heavy atom. The van der Waals surface area contributed by atoms with Crippen LogP contribution in [0.3, 0.4) is 0 Å². The minimum atomic E-state index is -4.95. The second-order valence-corrected chi connectivity index (χ2v) is 10.2. The van der Waals surface area contributed by atoms with E-state index in [4.69, 9.17) is 20.3 Å². The molecular formula is C21H30F3N8O8P. The molecule has 0 aromatic carbocycles. The number of nitrogen functional groups attached to an aromatic ring is 1. The fourth-order valence-corrected chi connectivity index (χ4v) is 4.55. The summed E-state index contributed by atoms with van der Waals surface area (Å²) in [5.74, 6) is -1.97. The predicted octanol–water partition coefficient (Wildman–Crippen LogP) is 0.330. The number of imidazole rings is 2. The van der Waals surface area contributed by atoms with Crippen LogP contribution in [0, 0.1) is 0 Å². The number of hydrogen-bond donors (Lipinski definition) is 7. The Morgan fingerprint density at radius 1 is 1.22 bits per heavy atom. The van der Waals surface area contributed by atoms with Crippen LogP contribution < -0.4 is 11.1 Å². The number of alkyl halides is 3. The van der Waals surface area contributed by atoms with Gasteiger partial charge in [-0.3, -0.25) is 13.9 Å². The van der Waals surface area contributed by atoms with E-state index in [0.717, 1.165) is 6.33 Å². The first-order chi connectivity index (χ1) is 19.3. The molecule has 16 nitrogen and oxygen atoms in total. The van der Waals surface area contributed by atoms with Gasteiger partial charge in [-0.2, -0.15) is 13.2 Å². The number of nitrogens with one attached hydrogen (secondary N) is 2. The van der Waals surface area contributed by atoms with Crippen molar-refractivity contribution in [2.75, 3.05) is 18.9 Å². The molecule has 228 valence electrons. The monoisotopic (exact) mass is 610 g/mol. The lowest BCUT2D eigenvalue weighted by atomic mass is 9.96. The topological polar surface area (TPSA) is 244 Å². The van der Waals surface area contributed by atoms with Crippen molar-refractivity contribution in [3.8, 4) is 0 Å². The largest absolute Gasteiger partial charge is 0.471 e. The maximum absolute atomic E-state index is 12.2. The van der Waals surface area contributed by atoms with Gasteiger partial charge in [0.25, 0.3) is 0 Å². The van der Waals surface area contributed by atoms with Gasteiger partial charge in [-0.1, -0.05) is 12.8 Å². The number of phosphoric ester groups is 1. The fourth-order valence-electron chi connectivity index (χ4n) is 4.21. The summed E-state index contributed by atoms with van der Waals surface area (Å²) in [5.41, 5.74) is 4.49. The van der Waals surface area contributed by atoms with Crippen LogP contribution in [0.2, 0.25) is 0 Å². The molecule has 8 N–H and O–H groups in total. The zero-order chi connectivity index (χ0) is 30.3. The number of aliphatic hydroxyl groups is 2. The van der Waals surface area contributed by atoms with E-state index < -0.39 is 50.5 Å². The van der Waals surface area contributed by atoms with Crippen LogP contribution in [0.15, 0.2) is 31.4 Å². The van der Waals surface area contributed by atoms with Crippen molar-refractivity contribution in [2.45, 2.75) is 62.3 Å². The summed E-state index contributed by atoms with van der Waals surface area (Å²) in [7, 11) is -4.90. The van der Waals surface area contributed by atoms with Gasteiger partial charge in [0, 0.05) is 18.9 Å². The molecule has 0 unspecified atom stereocenters. The number of fused-ring (bicyclic) bond motifs is 1. The first-order valence-electron chi connectivity index (χ1n) is 12.2. The van der Waals surface area contributed by atoms with Crippen molar-refractivity contribution in [1.29, 1.82) is 0 Å². The first-order valence-corrected chi connectivity index (χ1v) is 13.7. The molecule has 3 aromatic rings. The van der Waals surface area contributed by atoms with Crippen molar-refractivity contribution in [2.24, 2.45) is 0 Å². The SMILES string of the molecule is Nc1ncnc2c1ncn2[C@]1(CCCCCCNC(=O)C(F)(F)F)O[C@H](COP(=O)(O)O)[C@@H](O)[C@H]1O.c1c[nH]cn1. The van der Waals surface area contributed by atoms with Gasteiger partial charge in [0.15, 0.2) is 17.2 Å². The molecule has 4 heterocycles. The number of unbranched alkanes of at least 4 members (excludes halogenated alkanes) is 3. The molecular weight excluding hydrogens is 580 g/mol. The minimum absolute atomic E-state index is 0.0436. The standard InChI is InChI=1S/C18H26F3N6O8P.C3H4N2/c19-18(20,21)16(30)23-6-4-2-1-3-5-17(27-9-26-11-14(22)24-8-25-15(11)27)13(29)12(28)10(35-17)7-34-36(31,32)33;1-2-5-3-4-1/h8-10,12-13,28-29H,1-7H2,(H,23,30)(H2,22,24,25)(H2,31,32,33);1-3H,(H,4,5)/t10-,12-,13-,17-;/m1./s1. The number of phosphoric acid groups is 1. The lowest BCUT2D eigenvalue weighted by Gasteiger charge is -2.34. The van der Waals surface area contributed by atoms with E-state index in [0.29, 0.717) is 19.3 Å². The van der Waals surface area contributed by atoms with Crippen molar-refractivity contribution in [3.05, 3.63) is 31.4 Å². The smallest absolute Gasteiger partial charge is 0.387 e. The molecule has 0 spiro atoms. The Hall–Kier alpha value is -3.19. The number of amides is 1. The molecule has 20 heteroatoms. The Morgan fingerprint density at radius 2 is 1.95 bits per heavy atom. The normalized spacial score (nSPS) is 22.9. The maximum atomic E-state index is 12.2. The Kier molecular flexibility index (Phi) is 10.8. The van der Waals surface area contributed by atoms with Crippen LogP contribution >= 0.6 is 7.82 Å². The summed E-state index contributed by atoms with van der Waals surface area (Å²) in [6, 6.07) is 0. The second-order valence-electron chi connectivity index (χ2n) is 8.95. The second kappa shape index (κ2) is 13.6. The zero-order valence-corrected chi connectivity index (χ0v) is 22.3. The molecule has 41 heavy (non-hydrogen) atoms. The van der Waals surface area contributed by atoms with Crippen LogP contribution in [0.1, 0.15) is 32.1 Å². The van der Waals surface area contributed by atoms with Crippen molar-refractivity contribution < 1.29 is 51.8 Å². The van der Waals surface area contributed by atoms with E-state index in [1.807, 2.05) is 0 Å². The highest BCUT2D eigenvalue weighted by Crippen LogP contribution is 2.44. The average Bonchev–Trinajstić information content (AvgIpc) is 3.65. The van der Waals surface area contributed by atoms with Gasteiger partial charge in [-0.05, 0) is 19.3 Å². The third kappa shape index (κ3) is 8.41. The summed E-state index contributed by atoms with van der Waals surface area (Å²) in [6.45, 7) is -0.904. The lowest BCUT2D eigenvalue weighted by Crippen LogP contribution is -2.45. The molecule has 1 saturated heterocycles. The van der Waals surface area contributed by atoms with E-state index in [2.05, 4.69) is 29.4 Å². The molecule has 0 bridgehead atoms. The Bertz CT molecular complexity index is 1290. The van der Waals surface area contributed by atoms with Crippen molar-refractivity contribution in [3.63, 3.8) is 0 Å². The number of H-pyrrole nitrogens is 1. The summed E-state index contributed by atoms with van der Waals surface area (Å²) < 4.78 is 59.5. The zero-order valence-electron chi connectivity index (χ0n) is 21.4. The van der Waals surface area contributed by atoms with Gasteiger partial charge in [0.1, 0.15) is 30.2 Å². The van der Waals surface area contributed by atoms with Gasteiger partial charge >= 0.3 is 19.9 Å². The molecule has 1 fully saturated rings. The third-order valence-electron chi connectivity index (χ3n) is 6.11. The number of hydrogen-bond acceptors (Lipinski definition) is 11. The van der Waals surface area contributed by atoms with E-state index in [1.165, 1.54) is 10.9 Å². The predicted molar refractivity (Wildman–Crippen MR) is 133 cm³/mol. The van der Waals surface area contributed by atoms with Crippen LogP contribution in [0.5, 0.6) is 0 Å². The Balaban J connectivity index is 0.000000832. The van der Waals surface area contributed by atoms with Crippen LogP contribution in [0.25, 0.3) is 11.2 Å². The molecule has 3 aromatic heterocycles. The van der Waals surface area contributed by atoms with E-state index in [1.54, 1.807) is 24.0 Å². The highest BCUT2D eigenvalue weighted by atomic mass is 31.2. The van der Waals surface area contributed by atoms with Crippen molar-refractivity contribution >= 4 is 30.7 Å². The number of anilines is 1. The van der Waals surface area contributed by atoms with Crippen molar-refractivity contribution in [1.82, 2.24) is 34.8 Å². The molecule has 4 atom stereocenters. The van der Waals surface area contributed by atoms with Crippen LogP contribution in [-0.2, 0) is 24.3 Å². The maximum Gasteiger partial charge on any atom is 0.471 e. The van der Waals surface area contributed by atoms with Crippen LogP contribution in [0.4, 0.5) is 19.0 Å². The van der Waals surface area contributed by atoms with E-state index in [9.17, 15) is 32.7 Å². The minimum Gasteiger partial charge on any atom is -0.387 e. The molecule has 0 aliphatic carbocycles. The summed E-state index contributed by atoms with van der Waals surface area (Å²) in [5, 5.41) is 23.3. The molecule has 1 aliphatic rings. The van der Waals surface area contributed by atoms with Gasteiger partial charge < -0.3 is 40.8 Å².